The van der Waals surface area contributed by atoms with Crippen LogP contribution in [-0.2, 0) is 10.8 Å². The van der Waals surface area contributed by atoms with Crippen molar-refractivity contribution in [1.29, 1.82) is 0 Å². The second-order valence-electron chi connectivity index (χ2n) is 12.9. The molecular formula is C36H34N4. The predicted molar refractivity (Wildman–Crippen MR) is 168 cm³/mol. The van der Waals surface area contributed by atoms with Gasteiger partial charge in [-0.05, 0) is 42.5 Å². The number of aromatic nitrogens is 4. The van der Waals surface area contributed by atoms with E-state index in [9.17, 15) is 0 Å². The van der Waals surface area contributed by atoms with Crippen molar-refractivity contribution in [2.24, 2.45) is 0 Å². The summed E-state index contributed by atoms with van der Waals surface area (Å²) in [5.74, 6) is 0. The van der Waals surface area contributed by atoms with E-state index in [-0.39, 0.29) is 10.8 Å². The summed E-state index contributed by atoms with van der Waals surface area (Å²) in [6.07, 6.45) is 4.09. The van der Waals surface area contributed by atoms with E-state index in [4.69, 9.17) is 9.97 Å². The smallest absolute Gasteiger partial charge is 0.0724 e. The maximum atomic E-state index is 4.91. The molecule has 40 heavy (non-hydrogen) atoms. The Bertz CT molecular complexity index is 1930. The molecule has 0 spiro atoms. The topological polar surface area (TPSA) is 35.6 Å². The minimum Gasteiger partial charge on any atom is -0.308 e. The molecule has 0 saturated heterocycles. The normalized spacial score (nSPS) is 12.8. The molecule has 0 unspecified atom stereocenters. The molecule has 0 aliphatic rings. The van der Waals surface area contributed by atoms with Crippen LogP contribution in [-0.4, -0.2) is 19.1 Å². The van der Waals surface area contributed by atoms with Crippen molar-refractivity contribution in [2.75, 3.05) is 0 Å². The average Bonchev–Trinajstić information content (AvgIpc) is 3.44. The summed E-state index contributed by atoms with van der Waals surface area (Å²) in [6, 6.07) is 30.7. The Morgan fingerprint density at radius 1 is 0.450 bits per heavy atom. The molecule has 0 atom stereocenters. The number of para-hydroxylation sites is 2. The third-order valence-electron chi connectivity index (χ3n) is 8.00. The Morgan fingerprint density at radius 3 is 1.30 bits per heavy atom. The fourth-order valence-corrected chi connectivity index (χ4v) is 5.88. The molecular weight excluding hydrogens is 488 g/mol. The summed E-state index contributed by atoms with van der Waals surface area (Å²) >= 11 is 0. The molecule has 0 saturated carbocycles. The molecule has 7 aromatic rings. The molecule has 4 aromatic heterocycles. The van der Waals surface area contributed by atoms with Crippen LogP contribution in [0.25, 0.3) is 55.0 Å². The highest BCUT2D eigenvalue weighted by molar-refractivity contribution is 6.10. The lowest BCUT2D eigenvalue weighted by atomic mass is 9.91. The molecule has 0 aliphatic carbocycles. The minimum atomic E-state index is -0.0191. The van der Waals surface area contributed by atoms with E-state index in [1.165, 1.54) is 32.6 Å². The Kier molecular flexibility index (Phi) is 5.24. The number of hydrogen-bond donors (Lipinski definition) is 0. The van der Waals surface area contributed by atoms with Crippen LogP contribution in [0.5, 0.6) is 0 Å². The number of hydrogen-bond acceptors (Lipinski definition) is 2. The molecule has 0 amide bonds. The van der Waals surface area contributed by atoms with Crippen LogP contribution in [0, 0.1) is 0 Å². The van der Waals surface area contributed by atoms with Gasteiger partial charge in [-0.1, -0.05) is 84.0 Å². The Labute approximate surface area is 234 Å². The van der Waals surface area contributed by atoms with Crippen LogP contribution in [0.1, 0.15) is 52.9 Å². The first kappa shape index (κ1) is 24.6. The van der Waals surface area contributed by atoms with Gasteiger partial charge < -0.3 is 9.13 Å². The zero-order chi connectivity index (χ0) is 27.8. The van der Waals surface area contributed by atoms with Crippen LogP contribution < -0.4 is 0 Å². The minimum absolute atomic E-state index is 0.0191. The van der Waals surface area contributed by atoms with Crippen molar-refractivity contribution in [2.45, 2.75) is 52.4 Å². The molecule has 0 N–H and O–H groups in total. The molecule has 4 heterocycles. The second-order valence-corrected chi connectivity index (χ2v) is 12.9. The maximum Gasteiger partial charge on any atom is 0.0724 e. The van der Waals surface area contributed by atoms with Gasteiger partial charge in [-0.3, -0.25) is 9.97 Å². The summed E-state index contributed by atoms with van der Waals surface area (Å²) in [4.78, 5) is 9.81. The zero-order valence-electron chi connectivity index (χ0n) is 24.0. The van der Waals surface area contributed by atoms with E-state index < -0.39 is 0 Å². The number of fused-ring (bicyclic) bond motifs is 6. The molecule has 7 rings (SSSR count). The molecule has 0 fully saturated rings. The van der Waals surface area contributed by atoms with Gasteiger partial charge in [0.1, 0.15) is 0 Å². The summed E-state index contributed by atoms with van der Waals surface area (Å²) in [6.45, 7) is 13.3. The van der Waals surface area contributed by atoms with E-state index >= 15 is 0 Å². The standard InChI is InChI=1S/C36H34N4/c1-35(2,3)33-19-27-25-14-7-9-16-29(25)39(31(27)21-37-33)23-12-11-13-24(18-23)40-30-17-10-8-15-26(30)28-20-34(36(4,5)6)38-22-32(28)40/h7-22H,1-6H3. The van der Waals surface area contributed by atoms with Gasteiger partial charge in [0.05, 0.1) is 34.5 Å². The molecule has 0 bridgehead atoms. The van der Waals surface area contributed by atoms with Crippen molar-refractivity contribution >= 4 is 43.6 Å². The SMILES string of the molecule is CC(C)(C)c1cc2c3ccccc3n(-c3cccc(-n4c5ccccc5c5cc(C(C)(C)C)ncc54)c3)c2cn1. The largest absolute Gasteiger partial charge is 0.308 e. The highest BCUT2D eigenvalue weighted by Gasteiger charge is 2.21. The first-order valence-corrected chi connectivity index (χ1v) is 14.0. The van der Waals surface area contributed by atoms with E-state index in [0.717, 1.165) is 33.8 Å². The van der Waals surface area contributed by atoms with Crippen molar-refractivity contribution in [3.63, 3.8) is 0 Å². The van der Waals surface area contributed by atoms with Crippen LogP contribution >= 0.6 is 0 Å². The second kappa shape index (κ2) is 8.53. The van der Waals surface area contributed by atoms with E-state index in [1.54, 1.807) is 0 Å². The number of nitrogens with zero attached hydrogens (tertiary/aromatic N) is 4. The van der Waals surface area contributed by atoms with E-state index in [0.29, 0.717) is 0 Å². The van der Waals surface area contributed by atoms with E-state index in [1.807, 2.05) is 12.4 Å². The van der Waals surface area contributed by atoms with Crippen molar-refractivity contribution in [3.05, 3.63) is 109 Å². The highest BCUT2D eigenvalue weighted by Crippen LogP contribution is 2.37. The summed E-state index contributed by atoms with van der Waals surface area (Å²) in [5, 5.41) is 4.95. The van der Waals surface area contributed by atoms with Gasteiger partial charge >= 0.3 is 0 Å². The summed E-state index contributed by atoms with van der Waals surface area (Å²) < 4.78 is 4.69. The summed E-state index contributed by atoms with van der Waals surface area (Å²) in [5.41, 5.74) is 8.98. The third-order valence-corrected chi connectivity index (χ3v) is 8.00. The fourth-order valence-electron chi connectivity index (χ4n) is 5.88. The number of rotatable bonds is 2. The van der Waals surface area contributed by atoms with Gasteiger partial charge in [-0.25, -0.2) is 0 Å². The predicted octanol–water partition coefficient (Wildman–Crippen LogP) is 9.27. The van der Waals surface area contributed by atoms with Crippen LogP contribution in [0.3, 0.4) is 0 Å². The van der Waals surface area contributed by atoms with Gasteiger partial charge in [0.2, 0.25) is 0 Å². The lowest BCUT2D eigenvalue weighted by molar-refractivity contribution is 0.570. The van der Waals surface area contributed by atoms with Gasteiger partial charge in [-0.2, -0.15) is 0 Å². The quantitative estimate of drug-likeness (QED) is 0.227. The average molecular weight is 523 g/mol. The zero-order valence-corrected chi connectivity index (χ0v) is 24.0. The Morgan fingerprint density at radius 2 is 0.875 bits per heavy atom. The Hall–Kier alpha value is -4.44. The maximum absolute atomic E-state index is 4.91. The number of benzene rings is 3. The summed E-state index contributed by atoms with van der Waals surface area (Å²) in [7, 11) is 0. The highest BCUT2D eigenvalue weighted by atomic mass is 15.0. The molecule has 0 radical (unpaired) electrons. The molecule has 4 nitrogen and oxygen atoms in total. The molecule has 3 aromatic carbocycles. The number of pyridine rings is 2. The lowest BCUT2D eigenvalue weighted by Gasteiger charge is -2.18. The fraction of sp³-hybridized carbons (Fsp3) is 0.222. The van der Waals surface area contributed by atoms with Crippen molar-refractivity contribution in [1.82, 2.24) is 19.1 Å². The van der Waals surface area contributed by atoms with Gasteiger partial charge in [0, 0.05) is 55.1 Å². The first-order valence-electron chi connectivity index (χ1n) is 14.0. The van der Waals surface area contributed by atoms with Crippen LogP contribution in [0.15, 0.2) is 97.3 Å². The molecule has 198 valence electrons. The first-order chi connectivity index (χ1) is 19.1. The Balaban J connectivity index is 1.49. The van der Waals surface area contributed by atoms with E-state index in [2.05, 4.69) is 136 Å². The van der Waals surface area contributed by atoms with Gasteiger partial charge in [-0.15, -0.1) is 0 Å². The van der Waals surface area contributed by atoms with Crippen molar-refractivity contribution < 1.29 is 0 Å². The molecule has 4 heteroatoms. The monoisotopic (exact) mass is 522 g/mol. The van der Waals surface area contributed by atoms with Crippen molar-refractivity contribution in [3.8, 4) is 11.4 Å². The molecule has 0 aliphatic heterocycles. The van der Waals surface area contributed by atoms with Gasteiger partial charge in [0.15, 0.2) is 0 Å². The van der Waals surface area contributed by atoms with Crippen LogP contribution in [0.4, 0.5) is 0 Å². The lowest BCUT2D eigenvalue weighted by Crippen LogP contribution is -2.13. The van der Waals surface area contributed by atoms with Crippen LogP contribution in [0.2, 0.25) is 0 Å². The third kappa shape index (κ3) is 3.74. The van der Waals surface area contributed by atoms with Gasteiger partial charge in [0.25, 0.3) is 0 Å².